The second-order valence-corrected chi connectivity index (χ2v) is 7.96. The van der Waals surface area contributed by atoms with Crippen LogP contribution in [-0.2, 0) is 20.4 Å². The lowest BCUT2D eigenvalue weighted by Crippen LogP contribution is -2.57. The number of nitrogens with two attached hydrogens (primary N) is 1. The van der Waals surface area contributed by atoms with Gasteiger partial charge in [-0.05, 0) is 20.4 Å². The van der Waals surface area contributed by atoms with Gasteiger partial charge in [0.1, 0.15) is 0 Å². The van der Waals surface area contributed by atoms with E-state index >= 15 is 0 Å². The van der Waals surface area contributed by atoms with Gasteiger partial charge in [0, 0.05) is 12.1 Å². The first kappa shape index (κ1) is 22.2. The van der Waals surface area contributed by atoms with Crippen molar-refractivity contribution >= 4 is 20.4 Å². The van der Waals surface area contributed by atoms with E-state index in [-0.39, 0.29) is 12.1 Å². The van der Waals surface area contributed by atoms with E-state index in [1.165, 1.54) is 0 Å². The monoisotopic (exact) mass is 371 g/mol. The van der Waals surface area contributed by atoms with Gasteiger partial charge in [-0.15, -0.1) is 0 Å². The molecule has 0 aromatic carbocycles. The molecular weight excluding hydrogens is 346 g/mol. The lowest BCUT2D eigenvalue weighted by atomic mass is 9.80. The molecule has 9 nitrogen and oxygen atoms in total. The third-order valence-corrected chi connectivity index (χ3v) is 4.02. The van der Waals surface area contributed by atoms with Gasteiger partial charge in [0.25, 0.3) is 0 Å². The summed E-state index contributed by atoms with van der Waals surface area (Å²) in [7, 11) is -7.93. The first-order chi connectivity index (χ1) is 10.2. The lowest BCUT2D eigenvalue weighted by molar-refractivity contribution is 0.381. The van der Waals surface area contributed by atoms with Gasteiger partial charge in [0.05, 0.1) is 11.8 Å². The Kier molecular flexibility index (Phi) is 8.03. The zero-order valence-electron chi connectivity index (χ0n) is 13.5. The van der Waals surface area contributed by atoms with Crippen molar-refractivity contribution in [3.05, 3.63) is 23.8 Å². The Morgan fingerprint density at radius 3 is 2.17 bits per heavy atom. The van der Waals surface area contributed by atoms with Crippen molar-refractivity contribution in [2.45, 2.75) is 38.4 Å². The summed E-state index contributed by atoms with van der Waals surface area (Å²) in [6.45, 7) is 6.60. The molecular formula is C12H25N3O6S2. The van der Waals surface area contributed by atoms with Crippen LogP contribution in [-0.4, -0.2) is 56.4 Å². The molecule has 0 saturated heterocycles. The number of nitrogens with one attached hydrogen (secondary N) is 2. The highest BCUT2D eigenvalue weighted by molar-refractivity contribution is 7.88. The molecule has 1 rings (SSSR count). The maximum absolute atomic E-state index is 11.3. The smallest absolute Gasteiger partial charge is 0.317 e. The highest BCUT2D eigenvalue weighted by Gasteiger charge is 2.35. The van der Waals surface area contributed by atoms with Gasteiger partial charge in [-0.3, -0.25) is 9.11 Å². The van der Waals surface area contributed by atoms with Crippen molar-refractivity contribution in [2.24, 2.45) is 5.73 Å². The van der Waals surface area contributed by atoms with Gasteiger partial charge in [-0.25, -0.2) is 13.1 Å². The summed E-state index contributed by atoms with van der Waals surface area (Å²) >= 11 is 0. The summed E-state index contributed by atoms with van der Waals surface area (Å²) in [6, 6.07) is -0.223. The van der Waals surface area contributed by atoms with E-state index in [1.54, 1.807) is 6.92 Å². The van der Waals surface area contributed by atoms with Crippen LogP contribution in [0.15, 0.2) is 23.8 Å². The van der Waals surface area contributed by atoms with E-state index in [0.29, 0.717) is 0 Å². The number of rotatable bonds is 5. The maximum Gasteiger partial charge on any atom is 0.394 e. The molecule has 136 valence electrons. The summed E-state index contributed by atoms with van der Waals surface area (Å²) in [5, 5.41) is 3.28. The second kappa shape index (κ2) is 8.33. The molecule has 3 atom stereocenters. The van der Waals surface area contributed by atoms with E-state index < -0.39 is 26.0 Å². The second-order valence-electron chi connectivity index (χ2n) is 5.28. The Hall–Kier alpha value is -0.820. The predicted octanol–water partition coefficient (Wildman–Crippen LogP) is -0.537. The maximum atomic E-state index is 11.3. The van der Waals surface area contributed by atoms with Crippen LogP contribution in [0.3, 0.4) is 0 Å². The Labute approximate surface area is 137 Å². The molecule has 0 heterocycles. The van der Waals surface area contributed by atoms with Crippen LogP contribution in [0.4, 0.5) is 0 Å². The Morgan fingerprint density at radius 2 is 1.83 bits per heavy atom. The molecule has 0 aromatic heterocycles. The third kappa shape index (κ3) is 9.15. The van der Waals surface area contributed by atoms with E-state index in [4.69, 9.17) is 23.3 Å². The van der Waals surface area contributed by atoms with Crippen LogP contribution < -0.4 is 15.8 Å². The molecule has 0 aliphatic heterocycles. The van der Waals surface area contributed by atoms with Crippen LogP contribution >= 0.6 is 0 Å². The molecule has 3 unspecified atom stereocenters. The van der Waals surface area contributed by atoms with E-state index in [2.05, 4.69) is 10.0 Å². The van der Waals surface area contributed by atoms with Crippen LogP contribution in [0.25, 0.3) is 0 Å². The zero-order chi connectivity index (χ0) is 18.5. The minimum absolute atomic E-state index is 0.164. The molecule has 0 fully saturated rings. The average Bonchev–Trinajstić information content (AvgIpc) is 2.30. The van der Waals surface area contributed by atoms with Gasteiger partial charge in [-0.1, -0.05) is 30.7 Å². The van der Waals surface area contributed by atoms with Gasteiger partial charge in [0.15, 0.2) is 0 Å². The van der Waals surface area contributed by atoms with Gasteiger partial charge < -0.3 is 11.1 Å². The highest BCUT2D eigenvalue weighted by Crippen LogP contribution is 2.25. The Balaban J connectivity index is 0.000000841. The largest absolute Gasteiger partial charge is 0.394 e. The number of hydrogen-bond donors (Lipinski definition) is 5. The van der Waals surface area contributed by atoms with Crippen molar-refractivity contribution in [3.63, 3.8) is 0 Å². The molecule has 0 radical (unpaired) electrons. The molecule has 1 aliphatic rings. The summed E-state index contributed by atoms with van der Waals surface area (Å²) in [4.78, 5) is 0. The number of hydrogen-bond acceptors (Lipinski definition) is 6. The Bertz CT molecular complexity index is 648. The topological polar surface area (TPSA) is 159 Å². The quantitative estimate of drug-likeness (QED) is 0.318. The molecule has 0 aromatic rings. The fourth-order valence-corrected chi connectivity index (χ4v) is 2.97. The first-order valence-electron chi connectivity index (χ1n) is 6.76. The van der Waals surface area contributed by atoms with Gasteiger partial charge in [0.2, 0.25) is 10.0 Å². The van der Waals surface area contributed by atoms with Crippen LogP contribution in [0.5, 0.6) is 0 Å². The Morgan fingerprint density at radius 1 is 1.35 bits per heavy atom. The van der Waals surface area contributed by atoms with E-state index in [0.717, 1.165) is 18.4 Å². The van der Waals surface area contributed by atoms with E-state index in [9.17, 15) is 8.42 Å². The molecule has 23 heavy (non-hydrogen) atoms. The first-order valence-corrected chi connectivity index (χ1v) is 10.1. The molecule has 0 bridgehead atoms. The minimum atomic E-state index is -4.67. The van der Waals surface area contributed by atoms with Gasteiger partial charge in [-0.2, -0.15) is 8.42 Å². The van der Waals surface area contributed by atoms with Crippen molar-refractivity contribution in [3.8, 4) is 0 Å². The minimum Gasteiger partial charge on any atom is -0.317 e. The number of sulfonamides is 1. The average molecular weight is 371 g/mol. The fourth-order valence-electron chi connectivity index (χ4n) is 2.13. The summed E-state index contributed by atoms with van der Waals surface area (Å²) in [5.74, 6) is 0. The van der Waals surface area contributed by atoms with Crippen molar-refractivity contribution in [1.29, 1.82) is 0 Å². The molecule has 0 saturated carbocycles. The van der Waals surface area contributed by atoms with Gasteiger partial charge >= 0.3 is 10.4 Å². The normalized spacial score (nSPS) is 26.0. The predicted molar refractivity (Wildman–Crippen MR) is 88.9 cm³/mol. The highest BCUT2D eigenvalue weighted by atomic mass is 32.3. The van der Waals surface area contributed by atoms with Crippen LogP contribution in [0, 0.1) is 0 Å². The van der Waals surface area contributed by atoms with Crippen LogP contribution in [0.2, 0.25) is 0 Å². The SMILES string of the molecule is CCNC1C=CC(N)(C(C)NS(C)(=O)=O)C(C)=C1.O=S(=O)(O)O. The van der Waals surface area contributed by atoms with Crippen molar-refractivity contribution in [1.82, 2.24) is 10.0 Å². The molecule has 0 amide bonds. The third-order valence-electron chi connectivity index (χ3n) is 3.24. The van der Waals surface area contributed by atoms with E-state index in [1.807, 2.05) is 32.1 Å². The molecule has 0 spiro atoms. The van der Waals surface area contributed by atoms with Crippen molar-refractivity contribution in [2.75, 3.05) is 12.8 Å². The molecule has 11 heteroatoms. The molecule has 1 aliphatic carbocycles. The summed E-state index contributed by atoms with van der Waals surface area (Å²) in [6.07, 6.45) is 7.01. The van der Waals surface area contributed by atoms with Crippen molar-refractivity contribution < 1.29 is 25.9 Å². The summed E-state index contributed by atoms with van der Waals surface area (Å²) in [5.41, 5.74) is 6.49. The number of likely N-dealkylation sites (N-methyl/N-ethyl adjacent to an activating group) is 1. The summed E-state index contributed by atoms with van der Waals surface area (Å²) < 4.78 is 56.7. The van der Waals surface area contributed by atoms with Crippen LogP contribution in [0.1, 0.15) is 20.8 Å². The lowest BCUT2D eigenvalue weighted by Gasteiger charge is -2.37. The molecule has 6 N–H and O–H groups in total. The fraction of sp³-hybridized carbons (Fsp3) is 0.667. The zero-order valence-corrected chi connectivity index (χ0v) is 15.1. The standard InChI is InChI=1S/C12H23N3O2S.H2O4S/c1-5-14-11-6-7-12(13,9(2)8-11)10(3)15-18(4,16)17;1-5(2,3)4/h6-8,10-11,14-15H,5,13H2,1-4H3;(H2,1,2,3,4).